The third kappa shape index (κ3) is 7.35. The number of nitrogens with zero attached hydrogens (tertiary/aromatic N) is 2. The minimum absolute atomic E-state index is 0.0988. The summed E-state index contributed by atoms with van der Waals surface area (Å²) in [6, 6.07) is 11.3. The molecule has 3 rings (SSSR count). The van der Waals surface area contributed by atoms with Gasteiger partial charge in [0.1, 0.15) is 12.6 Å². The third-order valence-corrected chi connectivity index (χ3v) is 7.86. The van der Waals surface area contributed by atoms with Crippen LogP contribution in [0.4, 0.5) is 5.69 Å². The summed E-state index contributed by atoms with van der Waals surface area (Å²) in [6.07, 6.45) is 4.97. The molecule has 0 heterocycles. The summed E-state index contributed by atoms with van der Waals surface area (Å²) in [7, 11) is -3.87. The van der Waals surface area contributed by atoms with Crippen LogP contribution >= 0.6 is 23.2 Å². The molecule has 0 radical (unpaired) electrons. The van der Waals surface area contributed by atoms with Gasteiger partial charge in [-0.1, -0.05) is 65.9 Å². The van der Waals surface area contributed by atoms with Crippen LogP contribution < -0.4 is 9.62 Å². The van der Waals surface area contributed by atoms with E-state index in [4.69, 9.17) is 23.2 Å². The van der Waals surface area contributed by atoms with Crippen molar-refractivity contribution in [2.75, 3.05) is 17.1 Å². The van der Waals surface area contributed by atoms with E-state index in [0.717, 1.165) is 47.4 Å². The van der Waals surface area contributed by atoms with E-state index in [0.29, 0.717) is 5.02 Å². The van der Waals surface area contributed by atoms with Crippen molar-refractivity contribution in [3.05, 3.63) is 63.6 Å². The predicted octanol–water partition coefficient (Wildman–Crippen LogP) is 4.54. The molecule has 10 heteroatoms. The molecule has 1 aliphatic carbocycles. The number of carbonyl (C=O) groups is 2. The normalized spacial score (nSPS) is 15.0. The fourth-order valence-electron chi connectivity index (χ4n) is 4.14. The number of benzene rings is 2. The number of rotatable bonds is 9. The molecule has 0 saturated heterocycles. The first-order valence-electron chi connectivity index (χ1n) is 11.5. The molecule has 1 fully saturated rings. The molecule has 0 bridgehead atoms. The summed E-state index contributed by atoms with van der Waals surface area (Å²) < 4.78 is 26.2. The Kier molecular flexibility index (Phi) is 9.07. The molecule has 1 unspecified atom stereocenters. The monoisotopic (exact) mass is 539 g/mol. The highest BCUT2D eigenvalue weighted by Crippen LogP contribution is 2.30. The summed E-state index contributed by atoms with van der Waals surface area (Å²) in [5.74, 6) is -0.774. The largest absolute Gasteiger partial charge is 0.352 e. The van der Waals surface area contributed by atoms with Crippen molar-refractivity contribution in [2.45, 2.75) is 58.2 Å². The lowest BCUT2D eigenvalue weighted by Gasteiger charge is -2.32. The molecular formula is C25H31Cl2N3O4S. The van der Waals surface area contributed by atoms with E-state index in [2.05, 4.69) is 5.32 Å². The zero-order chi connectivity index (χ0) is 25.8. The first kappa shape index (κ1) is 27.3. The number of aryl methyl sites for hydroxylation is 1. The number of carbonyl (C=O) groups excluding carboxylic acids is 2. The van der Waals surface area contributed by atoms with Crippen molar-refractivity contribution in [3.8, 4) is 0 Å². The van der Waals surface area contributed by atoms with Crippen molar-refractivity contribution in [2.24, 2.45) is 0 Å². The maximum Gasteiger partial charge on any atom is 0.244 e. The number of halogens is 2. The zero-order valence-electron chi connectivity index (χ0n) is 20.1. The predicted molar refractivity (Wildman–Crippen MR) is 140 cm³/mol. The van der Waals surface area contributed by atoms with Crippen LogP contribution in [0, 0.1) is 6.92 Å². The lowest BCUT2D eigenvalue weighted by molar-refractivity contribution is -0.139. The highest BCUT2D eigenvalue weighted by Gasteiger charge is 2.32. The topological polar surface area (TPSA) is 86.8 Å². The van der Waals surface area contributed by atoms with Gasteiger partial charge in [0.15, 0.2) is 0 Å². The maximum atomic E-state index is 13.6. The lowest BCUT2D eigenvalue weighted by Crippen LogP contribution is -2.52. The minimum Gasteiger partial charge on any atom is -0.352 e. The average molecular weight is 541 g/mol. The SMILES string of the molecule is Cc1ccc(CN(C(=O)CN(c2ccc(Cl)cc2Cl)S(C)(=O)=O)C(C)C(=O)NC2CCCC2)cc1. The molecule has 1 saturated carbocycles. The Labute approximate surface area is 217 Å². The molecular weight excluding hydrogens is 509 g/mol. The quantitative estimate of drug-likeness (QED) is 0.506. The molecule has 0 aliphatic heterocycles. The second-order valence-electron chi connectivity index (χ2n) is 9.04. The van der Waals surface area contributed by atoms with Gasteiger partial charge in [0, 0.05) is 17.6 Å². The maximum absolute atomic E-state index is 13.6. The molecule has 1 atom stereocenters. The van der Waals surface area contributed by atoms with Crippen LogP contribution in [0.15, 0.2) is 42.5 Å². The highest BCUT2D eigenvalue weighted by molar-refractivity contribution is 7.92. The zero-order valence-corrected chi connectivity index (χ0v) is 22.5. The molecule has 35 heavy (non-hydrogen) atoms. The first-order valence-corrected chi connectivity index (χ1v) is 14.1. The molecule has 1 aliphatic rings. The molecule has 2 aromatic carbocycles. The van der Waals surface area contributed by atoms with E-state index in [1.54, 1.807) is 6.92 Å². The molecule has 0 spiro atoms. The van der Waals surface area contributed by atoms with Crippen LogP contribution in [0.5, 0.6) is 0 Å². The number of hydrogen-bond acceptors (Lipinski definition) is 4. The molecule has 2 aromatic rings. The van der Waals surface area contributed by atoms with Gasteiger partial charge in [-0.25, -0.2) is 8.42 Å². The van der Waals surface area contributed by atoms with Crippen LogP contribution in [-0.4, -0.2) is 50.0 Å². The second-order valence-corrected chi connectivity index (χ2v) is 11.8. The Hall–Kier alpha value is -2.29. The van der Waals surface area contributed by atoms with Crippen LogP contribution in [0.2, 0.25) is 10.0 Å². The van der Waals surface area contributed by atoms with Gasteiger partial charge in [-0.2, -0.15) is 0 Å². The Morgan fingerprint density at radius 2 is 1.71 bits per heavy atom. The van der Waals surface area contributed by atoms with Gasteiger partial charge in [-0.15, -0.1) is 0 Å². The van der Waals surface area contributed by atoms with Crippen LogP contribution in [0.25, 0.3) is 0 Å². The van der Waals surface area contributed by atoms with Gasteiger partial charge in [-0.3, -0.25) is 13.9 Å². The summed E-state index contributed by atoms with van der Waals surface area (Å²) in [4.78, 5) is 28.1. The molecule has 190 valence electrons. The molecule has 1 N–H and O–H groups in total. The van der Waals surface area contributed by atoms with E-state index >= 15 is 0 Å². The fraction of sp³-hybridized carbons (Fsp3) is 0.440. The lowest BCUT2D eigenvalue weighted by atomic mass is 10.1. The summed E-state index contributed by atoms with van der Waals surface area (Å²) in [6.45, 7) is 3.28. The van der Waals surface area contributed by atoms with Gasteiger partial charge in [-0.05, 0) is 50.5 Å². The Bertz CT molecular complexity index is 1170. The van der Waals surface area contributed by atoms with E-state index in [1.807, 2.05) is 31.2 Å². The number of anilines is 1. The number of sulfonamides is 1. The van der Waals surface area contributed by atoms with Gasteiger partial charge >= 0.3 is 0 Å². The fourth-order valence-corrected chi connectivity index (χ4v) is 5.57. The van der Waals surface area contributed by atoms with Crippen molar-refractivity contribution in [3.63, 3.8) is 0 Å². The van der Waals surface area contributed by atoms with Gasteiger partial charge in [0.2, 0.25) is 21.8 Å². The van der Waals surface area contributed by atoms with Crippen molar-refractivity contribution in [1.29, 1.82) is 0 Å². The van der Waals surface area contributed by atoms with Crippen LogP contribution in [0.1, 0.15) is 43.7 Å². The summed E-state index contributed by atoms with van der Waals surface area (Å²) in [5.41, 5.74) is 2.05. The Balaban J connectivity index is 1.89. The van der Waals surface area contributed by atoms with E-state index in [9.17, 15) is 18.0 Å². The second kappa shape index (κ2) is 11.6. The van der Waals surface area contributed by atoms with E-state index < -0.39 is 28.5 Å². The summed E-state index contributed by atoms with van der Waals surface area (Å²) in [5, 5.41) is 3.49. The Morgan fingerprint density at radius 1 is 1.09 bits per heavy atom. The first-order chi connectivity index (χ1) is 16.5. The molecule has 0 aromatic heterocycles. The average Bonchev–Trinajstić information content (AvgIpc) is 3.29. The number of hydrogen-bond donors (Lipinski definition) is 1. The van der Waals surface area contributed by atoms with E-state index in [1.165, 1.54) is 23.1 Å². The summed E-state index contributed by atoms with van der Waals surface area (Å²) >= 11 is 12.2. The van der Waals surface area contributed by atoms with Gasteiger partial charge in [0.05, 0.1) is 17.0 Å². The standard InChI is InChI=1S/C25H31Cl2N3O4S/c1-17-8-10-19(11-9-17)15-29(18(2)25(32)28-21-6-4-5-7-21)24(31)16-30(35(3,33)34)23-13-12-20(26)14-22(23)27/h8-14,18,21H,4-7,15-16H2,1-3H3,(H,28,32). The minimum atomic E-state index is -3.87. The van der Waals surface area contributed by atoms with Crippen molar-refractivity contribution >= 4 is 50.7 Å². The van der Waals surface area contributed by atoms with Gasteiger partial charge < -0.3 is 10.2 Å². The smallest absolute Gasteiger partial charge is 0.244 e. The number of nitrogens with one attached hydrogen (secondary N) is 1. The van der Waals surface area contributed by atoms with E-state index in [-0.39, 0.29) is 29.2 Å². The third-order valence-electron chi connectivity index (χ3n) is 6.20. The number of amides is 2. The van der Waals surface area contributed by atoms with Crippen LogP contribution in [-0.2, 0) is 26.2 Å². The van der Waals surface area contributed by atoms with Crippen LogP contribution in [0.3, 0.4) is 0 Å². The Morgan fingerprint density at radius 3 is 2.29 bits per heavy atom. The van der Waals surface area contributed by atoms with Crippen molar-refractivity contribution < 1.29 is 18.0 Å². The molecule has 7 nitrogen and oxygen atoms in total. The highest BCUT2D eigenvalue weighted by atomic mass is 35.5. The molecule has 2 amide bonds. The van der Waals surface area contributed by atoms with Crippen molar-refractivity contribution in [1.82, 2.24) is 10.2 Å². The van der Waals surface area contributed by atoms with Gasteiger partial charge in [0.25, 0.3) is 0 Å².